The Bertz CT molecular complexity index is 365. The Kier molecular flexibility index (Phi) is 7.16. The van der Waals surface area contributed by atoms with Crippen LogP contribution in [0.5, 0.6) is 0 Å². The van der Waals surface area contributed by atoms with Gasteiger partial charge in [0, 0.05) is 33.1 Å². The van der Waals surface area contributed by atoms with Gasteiger partial charge in [0.15, 0.2) is 5.96 Å². The molecule has 4 nitrogen and oxygen atoms in total. The number of nitrogens with zero attached hydrogens (tertiary/aromatic N) is 3. The van der Waals surface area contributed by atoms with E-state index in [4.69, 9.17) is 0 Å². The minimum atomic E-state index is -0.897. The van der Waals surface area contributed by atoms with Gasteiger partial charge < -0.3 is 14.9 Å². The molecule has 18 heavy (non-hydrogen) atoms. The molecule has 0 fully saturated rings. The summed E-state index contributed by atoms with van der Waals surface area (Å²) in [5, 5.41) is 12.3. The summed E-state index contributed by atoms with van der Waals surface area (Å²) in [5.74, 6) is 0.849. The van der Waals surface area contributed by atoms with Gasteiger partial charge in [0.25, 0.3) is 0 Å². The highest BCUT2D eigenvalue weighted by Gasteiger charge is 2.24. The van der Waals surface area contributed by atoms with Crippen molar-refractivity contribution in [2.24, 2.45) is 4.99 Å². The van der Waals surface area contributed by atoms with Gasteiger partial charge in [0.2, 0.25) is 0 Å². The van der Waals surface area contributed by atoms with E-state index in [1.165, 1.54) is 0 Å². The molecule has 0 saturated carbocycles. The maximum absolute atomic E-state index is 10.4. The maximum Gasteiger partial charge on any atom is 0.195 e. The Morgan fingerprint density at radius 3 is 2.28 bits per heavy atom. The van der Waals surface area contributed by atoms with Gasteiger partial charge >= 0.3 is 0 Å². The van der Waals surface area contributed by atoms with E-state index in [1.807, 2.05) is 55.5 Å². The van der Waals surface area contributed by atoms with Crippen LogP contribution in [0.4, 0.5) is 0 Å². The molecule has 0 spiro atoms. The third-order valence-electron chi connectivity index (χ3n) is 2.38. The fourth-order valence-corrected chi connectivity index (χ4v) is 2.35. The van der Waals surface area contributed by atoms with Crippen molar-refractivity contribution in [2.75, 3.05) is 34.7 Å². The highest BCUT2D eigenvalue weighted by Crippen LogP contribution is 2.25. The molecule has 0 amide bonds. The molecule has 0 bridgehead atoms. The van der Waals surface area contributed by atoms with E-state index in [-0.39, 0.29) is 24.0 Å². The monoisotopic (exact) mass is 383 g/mol. The SMILES string of the molecule is CN(C)C(=NCC(C)(O)c1cccs1)N(C)C.I. The zero-order valence-electron chi connectivity index (χ0n) is 11.5. The predicted octanol–water partition coefficient (Wildman–Crippen LogP) is 2.05. The Morgan fingerprint density at radius 2 is 1.89 bits per heavy atom. The first-order chi connectivity index (χ1) is 7.84. The average Bonchev–Trinajstić information content (AvgIpc) is 2.69. The van der Waals surface area contributed by atoms with Gasteiger partial charge in [-0.3, -0.25) is 0 Å². The van der Waals surface area contributed by atoms with Crippen LogP contribution in [0.1, 0.15) is 11.8 Å². The minimum absolute atomic E-state index is 0. The van der Waals surface area contributed by atoms with Crippen LogP contribution in [0.3, 0.4) is 0 Å². The molecule has 0 aliphatic carbocycles. The molecule has 0 aliphatic rings. The van der Waals surface area contributed by atoms with E-state index in [0.29, 0.717) is 6.54 Å². The highest BCUT2D eigenvalue weighted by molar-refractivity contribution is 14.0. The highest BCUT2D eigenvalue weighted by atomic mass is 127. The average molecular weight is 383 g/mol. The summed E-state index contributed by atoms with van der Waals surface area (Å²) in [7, 11) is 7.77. The molecular formula is C12H22IN3OS. The van der Waals surface area contributed by atoms with E-state index < -0.39 is 5.60 Å². The largest absolute Gasteiger partial charge is 0.383 e. The number of halogens is 1. The van der Waals surface area contributed by atoms with E-state index in [1.54, 1.807) is 18.3 Å². The Labute approximate surface area is 130 Å². The molecule has 1 unspecified atom stereocenters. The molecule has 0 aromatic carbocycles. The first-order valence-corrected chi connectivity index (χ1v) is 6.38. The van der Waals surface area contributed by atoms with Crippen molar-refractivity contribution < 1.29 is 5.11 Å². The molecule has 0 aliphatic heterocycles. The number of aliphatic hydroxyl groups is 1. The lowest BCUT2D eigenvalue weighted by atomic mass is 10.1. The van der Waals surface area contributed by atoms with Gasteiger partial charge in [-0.25, -0.2) is 4.99 Å². The lowest BCUT2D eigenvalue weighted by Gasteiger charge is -2.25. The van der Waals surface area contributed by atoms with Crippen LogP contribution in [0, 0.1) is 0 Å². The number of rotatable bonds is 3. The van der Waals surface area contributed by atoms with Crippen molar-refractivity contribution in [2.45, 2.75) is 12.5 Å². The maximum atomic E-state index is 10.4. The van der Waals surface area contributed by atoms with Gasteiger partial charge in [-0.2, -0.15) is 0 Å². The number of aliphatic imine (C=N–C) groups is 1. The molecule has 1 aromatic rings. The summed E-state index contributed by atoms with van der Waals surface area (Å²) in [6, 6.07) is 3.88. The quantitative estimate of drug-likeness (QED) is 0.494. The summed E-state index contributed by atoms with van der Waals surface area (Å²) in [5.41, 5.74) is -0.897. The molecule has 1 heterocycles. The second-order valence-electron chi connectivity index (χ2n) is 4.66. The van der Waals surface area contributed by atoms with Crippen LogP contribution >= 0.6 is 35.3 Å². The van der Waals surface area contributed by atoms with Crippen LogP contribution in [-0.2, 0) is 5.60 Å². The molecule has 1 rings (SSSR count). The predicted molar refractivity (Wildman–Crippen MR) is 89.0 cm³/mol. The molecule has 0 radical (unpaired) electrons. The smallest absolute Gasteiger partial charge is 0.195 e. The Morgan fingerprint density at radius 1 is 1.33 bits per heavy atom. The van der Waals surface area contributed by atoms with Gasteiger partial charge in [-0.05, 0) is 18.4 Å². The van der Waals surface area contributed by atoms with E-state index in [9.17, 15) is 5.11 Å². The zero-order chi connectivity index (χ0) is 13.1. The normalized spacial score (nSPS) is 13.2. The second kappa shape index (κ2) is 7.30. The van der Waals surface area contributed by atoms with Gasteiger partial charge in [-0.15, -0.1) is 35.3 Å². The van der Waals surface area contributed by atoms with Crippen LogP contribution in [0.2, 0.25) is 0 Å². The van der Waals surface area contributed by atoms with E-state index in [0.717, 1.165) is 10.8 Å². The van der Waals surface area contributed by atoms with Crippen molar-refractivity contribution >= 4 is 41.3 Å². The minimum Gasteiger partial charge on any atom is -0.383 e. The molecule has 6 heteroatoms. The molecular weight excluding hydrogens is 361 g/mol. The third-order valence-corrected chi connectivity index (χ3v) is 3.50. The van der Waals surface area contributed by atoms with Crippen molar-refractivity contribution in [1.82, 2.24) is 9.80 Å². The number of guanidine groups is 1. The summed E-state index contributed by atoms with van der Waals surface area (Å²) in [6.45, 7) is 2.16. The van der Waals surface area contributed by atoms with Crippen LogP contribution in [-0.4, -0.2) is 55.6 Å². The van der Waals surface area contributed by atoms with Crippen LogP contribution < -0.4 is 0 Å². The first kappa shape index (κ1) is 17.7. The lowest BCUT2D eigenvalue weighted by Crippen LogP contribution is -2.37. The molecule has 104 valence electrons. The number of hydrogen-bond acceptors (Lipinski definition) is 3. The fraction of sp³-hybridized carbons (Fsp3) is 0.583. The van der Waals surface area contributed by atoms with Crippen LogP contribution in [0.25, 0.3) is 0 Å². The summed E-state index contributed by atoms with van der Waals surface area (Å²) in [4.78, 5) is 9.29. The molecule has 0 saturated heterocycles. The molecule has 1 aromatic heterocycles. The summed E-state index contributed by atoms with van der Waals surface area (Å²) >= 11 is 1.55. The van der Waals surface area contributed by atoms with Crippen molar-refractivity contribution in [3.63, 3.8) is 0 Å². The number of thiophene rings is 1. The third kappa shape index (κ3) is 4.74. The zero-order valence-corrected chi connectivity index (χ0v) is 14.7. The van der Waals surface area contributed by atoms with Gasteiger partial charge in [0.1, 0.15) is 5.60 Å². The van der Waals surface area contributed by atoms with E-state index >= 15 is 0 Å². The number of hydrogen-bond donors (Lipinski definition) is 1. The topological polar surface area (TPSA) is 39.1 Å². The lowest BCUT2D eigenvalue weighted by molar-refractivity contribution is 0.0707. The summed E-state index contributed by atoms with van der Waals surface area (Å²) in [6.07, 6.45) is 0. The standard InChI is InChI=1S/C12H21N3OS.HI/c1-12(16,10-7-6-8-17-10)9-13-11(14(2)3)15(4)5;/h6-8,16H,9H2,1-5H3;1H. The fourth-order valence-electron chi connectivity index (χ4n) is 1.57. The van der Waals surface area contributed by atoms with Gasteiger partial charge in [-0.1, -0.05) is 6.07 Å². The molecule has 1 atom stereocenters. The van der Waals surface area contributed by atoms with E-state index in [2.05, 4.69) is 4.99 Å². The van der Waals surface area contributed by atoms with Gasteiger partial charge in [0.05, 0.1) is 6.54 Å². The Hall–Kier alpha value is -0.340. The second-order valence-corrected chi connectivity index (χ2v) is 5.60. The molecule has 1 N–H and O–H groups in total. The Balaban J connectivity index is 0.00000289. The van der Waals surface area contributed by atoms with Crippen molar-refractivity contribution in [3.05, 3.63) is 22.4 Å². The van der Waals surface area contributed by atoms with Crippen molar-refractivity contribution in [1.29, 1.82) is 0 Å². The summed E-state index contributed by atoms with van der Waals surface area (Å²) < 4.78 is 0. The van der Waals surface area contributed by atoms with Crippen molar-refractivity contribution in [3.8, 4) is 0 Å². The van der Waals surface area contributed by atoms with Crippen LogP contribution in [0.15, 0.2) is 22.5 Å². The first-order valence-electron chi connectivity index (χ1n) is 5.50.